The van der Waals surface area contributed by atoms with Crippen LogP contribution in [0.2, 0.25) is 0 Å². The molecular weight excluding hydrogens is 302 g/mol. The van der Waals surface area contributed by atoms with E-state index in [-0.39, 0.29) is 18.3 Å². The molecule has 2 aromatic rings. The van der Waals surface area contributed by atoms with E-state index in [9.17, 15) is 14.7 Å². The Hall–Kier alpha value is -2.46. The Balaban J connectivity index is 1.92. The van der Waals surface area contributed by atoms with E-state index in [2.05, 4.69) is 6.92 Å². The quantitative estimate of drug-likeness (QED) is 0.758. The third kappa shape index (κ3) is 2.85. The van der Waals surface area contributed by atoms with Crippen molar-refractivity contribution in [2.45, 2.75) is 19.8 Å². The highest BCUT2D eigenvalue weighted by atomic mass is 16.3. The second-order valence-corrected chi connectivity index (χ2v) is 6.00. The van der Waals surface area contributed by atoms with Crippen LogP contribution in [0.3, 0.4) is 0 Å². The molecule has 0 radical (unpaired) electrons. The lowest BCUT2D eigenvalue weighted by atomic mass is 10.0. The molecule has 1 N–H and O–H groups in total. The van der Waals surface area contributed by atoms with E-state index in [1.165, 1.54) is 0 Å². The van der Waals surface area contributed by atoms with E-state index in [1.54, 1.807) is 17.0 Å². The van der Waals surface area contributed by atoms with Crippen LogP contribution in [0.5, 0.6) is 0 Å². The van der Waals surface area contributed by atoms with Crippen LogP contribution >= 0.6 is 0 Å². The number of unbranched alkanes of at least 4 members (excludes halogenated alkanes) is 1. The molecule has 0 spiro atoms. The van der Waals surface area contributed by atoms with Gasteiger partial charge in [0.1, 0.15) is 0 Å². The van der Waals surface area contributed by atoms with Gasteiger partial charge in [-0.1, -0.05) is 43.7 Å². The number of amides is 1. The van der Waals surface area contributed by atoms with Crippen molar-refractivity contribution in [2.75, 3.05) is 19.7 Å². The summed E-state index contributed by atoms with van der Waals surface area (Å²) >= 11 is 0. The summed E-state index contributed by atoms with van der Waals surface area (Å²) in [6.07, 6.45) is 1.87. The first-order valence-electron chi connectivity index (χ1n) is 8.35. The van der Waals surface area contributed by atoms with Crippen molar-refractivity contribution < 1.29 is 14.7 Å². The number of carbonyl (C=O) groups is 2. The maximum absolute atomic E-state index is 12.7. The van der Waals surface area contributed by atoms with Crippen LogP contribution in [0.25, 0.3) is 11.1 Å². The number of ketones is 1. The fourth-order valence-electron chi connectivity index (χ4n) is 3.13. The molecule has 1 aliphatic rings. The van der Waals surface area contributed by atoms with Crippen LogP contribution in [0.1, 0.15) is 46.0 Å². The molecule has 4 nitrogen and oxygen atoms in total. The summed E-state index contributed by atoms with van der Waals surface area (Å²) in [7, 11) is 0. The van der Waals surface area contributed by atoms with Gasteiger partial charge in [0.05, 0.1) is 6.61 Å². The zero-order valence-corrected chi connectivity index (χ0v) is 13.8. The van der Waals surface area contributed by atoms with Crippen LogP contribution < -0.4 is 0 Å². The maximum atomic E-state index is 12.7. The molecule has 0 atom stereocenters. The van der Waals surface area contributed by atoms with Gasteiger partial charge >= 0.3 is 0 Å². The number of hydrogen-bond acceptors (Lipinski definition) is 3. The van der Waals surface area contributed by atoms with Gasteiger partial charge in [-0.3, -0.25) is 9.59 Å². The topological polar surface area (TPSA) is 57.6 Å². The SMILES string of the molecule is CCCCN(CCO)C(=O)c1ccc2c(c1)C(=O)c1ccccc1-2. The van der Waals surface area contributed by atoms with E-state index >= 15 is 0 Å². The number of aliphatic hydroxyl groups excluding tert-OH is 1. The predicted octanol–water partition coefficient (Wildman–Crippen LogP) is 3.13. The van der Waals surface area contributed by atoms with E-state index in [1.807, 2.05) is 30.3 Å². The number of benzene rings is 2. The zero-order valence-electron chi connectivity index (χ0n) is 13.8. The number of nitrogens with zero attached hydrogens (tertiary/aromatic N) is 1. The van der Waals surface area contributed by atoms with Crippen molar-refractivity contribution in [1.82, 2.24) is 4.90 Å². The Morgan fingerprint density at radius 2 is 1.71 bits per heavy atom. The largest absolute Gasteiger partial charge is 0.395 e. The van der Waals surface area contributed by atoms with E-state index in [0.717, 1.165) is 24.0 Å². The summed E-state index contributed by atoms with van der Waals surface area (Å²) < 4.78 is 0. The minimum absolute atomic E-state index is 0.0301. The minimum Gasteiger partial charge on any atom is -0.395 e. The van der Waals surface area contributed by atoms with Crippen molar-refractivity contribution in [3.8, 4) is 11.1 Å². The Kier molecular flexibility index (Phi) is 4.76. The van der Waals surface area contributed by atoms with Gasteiger partial charge in [0.2, 0.25) is 0 Å². The van der Waals surface area contributed by atoms with Crippen LogP contribution in [0.4, 0.5) is 0 Å². The fraction of sp³-hybridized carbons (Fsp3) is 0.300. The number of rotatable bonds is 6. The average Bonchev–Trinajstić information content (AvgIpc) is 2.91. The van der Waals surface area contributed by atoms with Crippen LogP contribution in [0.15, 0.2) is 42.5 Å². The molecule has 124 valence electrons. The number of aliphatic hydroxyl groups is 1. The molecule has 0 bridgehead atoms. The summed E-state index contributed by atoms with van der Waals surface area (Å²) in [6, 6.07) is 12.8. The lowest BCUT2D eigenvalue weighted by molar-refractivity contribution is 0.0719. The second kappa shape index (κ2) is 6.97. The molecule has 0 unspecified atom stereocenters. The highest BCUT2D eigenvalue weighted by molar-refractivity contribution is 6.22. The number of hydrogen-bond donors (Lipinski definition) is 1. The van der Waals surface area contributed by atoms with Gasteiger partial charge in [-0.25, -0.2) is 0 Å². The van der Waals surface area contributed by atoms with Gasteiger partial charge in [-0.05, 0) is 29.7 Å². The first-order chi connectivity index (χ1) is 11.7. The maximum Gasteiger partial charge on any atom is 0.253 e. The molecule has 1 aliphatic carbocycles. The van der Waals surface area contributed by atoms with Crippen molar-refractivity contribution in [1.29, 1.82) is 0 Å². The monoisotopic (exact) mass is 323 g/mol. The second-order valence-electron chi connectivity index (χ2n) is 6.00. The summed E-state index contributed by atoms with van der Waals surface area (Å²) in [5, 5.41) is 9.20. The normalized spacial score (nSPS) is 12.0. The molecule has 2 aromatic carbocycles. The fourth-order valence-corrected chi connectivity index (χ4v) is 3.13. The third-order valence-electron chi connectivity index (χ3n) is 4.41. The molecule has 0 fully saturated rings. The Labute approximate surface area is 141 Å². The third-order valence-corrected chi connectivity index (χ3v) is 4.41. The molecule has 24 heavy (non-hydrogen) atoms. The van der Waals surface area contributed by atoms with Gasteiger partial charge in [-0.2, -0.15) is 0 Å². The van der Waals surface area contributed by atoms with Gasteiger partial charge in [-0.15, -0.1) is 0 Å². The molecule has 4 heteroatoms. The summed E-state index contributed by atoms with van der Waals surface area (Å²) in [5.41, 5.74) is 3.58. The number of carbonyl (C=O) groups excluding carboxylic acids is 2. The molecule has 0 aromatic heterocycles. The first-order valence-corrected chi connectivity index (χ1v) is 8.35. The zero-order chi connectivity index (χ0) is 17.1. The molecular formula is C20H21NO3. The van der Waals surface area contributed by atoms with E-state index < -0.39 is 0 Å². The molecule has 0 aliphatic heterocycles. The molecule has 0 saturated carbocycles. The van der Waals surface area contributed by atoms with Gasteiger partial charge in [0.25, 0.3) is 5.91 Å². The first kappa shape index (κ1) is 16.4. The standard InChI is InChI=1S/C20H21NO3/c1-2-3-10-21(11-12-22)20(24)14-8-9-16-15-6-4-5-7-17(15)19(23)18(16)13-14/h4-9,13,22H,2-3,10-12H2,1H3. The average molecular weight is 323 g/mol. The van der Waals surface area contributed by atoms with Crippen molar-refractivity contribution in [3.63, 3.8) is 0 Å². The Morgan fingerprint density at radius 3 is 2.42 bits per heavy atom. The molecule has 3 rings (SSSR count). The van der Waals surface area contributed by atoms with Gasteiger partial charge < -0.3 is 10.0 Å². The lowest BCUT2D eigenvalue weighted by Crippen LogP contribution is -2.34. The van der Waals surface area contributed by atoms with E-state index in [0.29, 0.717) is 29.8 Å². The molecule has 0 saturated heterocycles. The smallest absolute Gasteiger partial charge is 0.253 e. The van der Waals surface area contributed by atoms with Gasteiger partial charge in [0.15, 0.2) is 5.78 Å². The van der Waals surface area contributed by atoms with Crippen molar-refractivity contribution in [3.05, 3.63) is 59.2 Å². The lowest BCUT2D eigenvalue weighted by Gasteiger charge is -2.21. The highest BCUT2D eigenvalue weighted by Gasteiger charge is 2.27. The van der Waals surface area contributed by atoms with Gasteiger partial charge in [0, 0.05) is 29.8 Å². The minimum atomic E-state index is -0.135. The Morgan fingerprint density at radius 1 is 1.00 bits per heavy atom. The van der Waals surface area contributed by atoms with Crippen LogP contribution in [0, 0.1) is 0 Å². The highest BCUT2D eigenvalue weighted by Crippen LogP contribution is 2.36. The summed E-state index contributed by atoms with van der Waals surface area (Å²) in [6.45, 7) is 2.92. The Bertz CT molecular complexity index is 782. The molecule has 1 amide bonds. The number of fused-ring (bicyclic) bond motifs is 3. The van der Waals surface area contributed by atoms with Crippen molar-refractivity contribution in [2.24, 2.45) is 0 Å². The predicted molar refractivity (Wildman–Crippen MR) is 93.2 cm³/mol. The van der Waals surface area contributed by atoms with Crippen LogP contribution in [-0.2, 0) is 0 Å². The summed E-state index contributed by atoms with van der Waals surface area (Å²) in [4.78, 5) is 26.9. The van der Waals surface area contributed by atoms with E-state index in [4.69, 9.17) is 0 Å². The molecule has 0 heterocycles. The van der Waals surface area contributed by atoms with Crippen LogP contribution in [-0.4, -0.2) is 41.4 Å². The van der Waals surface area contributed by atoms with Crippen molar-refractivity contribution >= 4 is 11.7 Å². The summed E-state index contributed by atoms with van der Waals surface area (Å²) in [5.74, 6) is -0.165.